The molecule has 0 N–H and O–H groups in total. The van der Waals surface area contributed by atoms with Gasteiger partial charge in [-0.1, -0.05) is 13.5 Å². The van der Waals surface area contributed by atoms with Gasteiger partial charge in [0.15, 0.2) is 0 Å². The van der Waals surface area contributed by atoms with Crippen molar-refractivity contribution in [1.29, 1.82) is 0 Å². The molecule has 0 spiro atoms. The molecule has 1 atom stereocenters. The molecular weight excluding hydrogens is 148 g/mol. The molecule has 1 saturated heterocycles. The number of aliphatic imine (C=N–C) groups is 1. The second-order valence-electron chi connectivity index (χ2n) is 3.62. The topological polar surface area (TPSA) is 15.6 Å². The van der Waals surface area contributed by atoms with Gasteiger partial charge in [0, 0.05) is 25.7 Å². The van der Waals surface area contributed by atoms with Crippen molar-refractivity contribution in [3.05, 3.63) is 12.3 Å². The SMILES string of the molecule is C=C(C)N1CCC(C)CC1=NC. The summed E-state index contributed by atoms with van der Waals surface area (Å²) in [6.45, 7) is 9.36. The zero-order chi connectivity index (χ0) is 9.14. The van der Waals surface area contributed by atoms with Crippen LogP contribution in [-0.4, -0.2) is 24.3 Å². The number of rotatable bonds is 1. The summed E-state index contributed by atoms with van der Waals surface area (Å²) in [6, 6.07) is 0. The van der Waals surface area contributed by atoms with Crippen molar-refractivity contribution < 1.29 is 0 Å². The lowest BCUT2D eigenvalue weighted by Crippen LogP contribution is -2.36. The van der Waals surface area contributed by atoms with E-state index in [0.717, 1.165) is 24.6 Å². The average Bonchev–Trinajstić information content (AvgIpc) is 2.03. The summed E-state index contributed by atoms with van der Waals surface area (Å²) in [4.78, 5) is 6.50. The first-order chi connectivity index (χ1) is 5.65. The van der Waals surface area contributed by atoms with Crippen LogP contribution in [0.15, 0.2) is 17.3 Å². The molecule has 0 saturated carbocycles. The highest BCUT2D eigenvalue weighted by molar-refractivity contribution is 5.84. The van der Waals surface area contributed by atoms with Crippen LogP contribution in [0, 0.1) is 5.92 Å². The molecule has 2 heteroatoms. The predicted molar refractivity (Wildman–Crippen MR) is 53.3 cm³/mol. The number of piperidine rings is 1. The van der Waals surface area contributed by atoms with Gasteiger partial charge in [-0.3, -0.25) is 4.99 Å². The van der Waals surface area contributed by atoms with Gasteiger partial charge in [-0.2, -0.15) is 0 Å². The van der Waals surface area contributed by atoms with E-state index < -0.39 is 0 Å². The molecular formula is C10H18N2. The van der Waals surface area contributed by atoms with Crippen LogP contribution in [0.25, 0.3) is 0 Å². The highest BCUT2D eigenvalue weighted by atomic mass is 15.2. The van der Waals surface area contributed by atoms with Crippen LogP contribution in [0.3, 0.4) is 0 Å². The number of amidine groups is 1. The number of hydrogen-bond donors (Lipinski definition) is 0. The Bertz CT molecular complexity index is 206. The second kappa shape index (κ2) is 3.74. The summed E-state index contributed by atoms with van der Waals surface area (Å²) >= 11 is 0. The molecule has 1 aliphatic heterocycles. The average molecular weight is 166 g/mol. The van der Waals surface area contributed by atoms with Crippen LogP contribution < -0.4 is 0 Å². The molecule has 12 heavy (non-hydrogen) atoms. The van der Waals surface area contributed by atoms with Gasteiger partial charge in [0.05, 0.1) is 0 Å². The summed E-state index contributed by atoms with van der Waals surface area (Å²) in [5, 5.41) is 0. The van der Waals surface area contributed by atoms with E-state index in [-0.39, 0.29) is 0 Å². The van der Waals surface area contributed by atoms with Gasteiger partial charge in [0.2, 0.25) is 0 Å². The third kappa shape index (κ3) is 1.87. The Hall–Kier alpha value is -0.790. The van der Waals surface area contributed by atoms with Crippen LogP contribution in [0.4, 0.5) is 0 Å². The third-order valence-corrected chi connectivity index (χ3v) is 2.41. The van der Waals surface area contributed by atoms with Crippen molar-refractivity contribution in [2.75, 3.05) is 13.6 Å². The fraction of sp³-hybridized carbons (Fsp3) is 0.700. The molecule has 0 aromatic heterocycles. The minimum absolute atomic E-state index is 0.777. The van der Waals surface area contributed by atoms with Gasteiger partial charge >= 0.3 is 0 Å². The summed E-state index contributed by atoms with van der Waals surface area (Å²) < 4.78 is 0. The molecule has 0 amide bonds. The minimum atomic E-state index is 0.777. The Balaban J connectivity index is 2.70. The number of nitrogens with zero attached hydrogens (tertiary/aromatic N) is 2. The van der Waals surface area contributed by atoms with Crippen LogP contribution in [0.2, 0.25) is 0 Å². The summed E-state index contributed by atoms with van der Waals surface area (Å²) in [5.74, 6) is 1.97. The van der Waals surface area contributed by atoms with Crippen LogP contribution in [0.1, 0.15) is 26.7 Å². The van der Waals surface area contributed by atoms with E-state index in [9.17, 15) is 0 Å². The fourth-order valence-corrected chi connectivity index (χ4v) is 1.63. The highest BCUT2D eigenvalue weighted by Gasteiger charge is 2.20. The van der Waals surface area contributed by atoms with E-state index in [0.29, 0.717) is 0 Å². The molecule has 2 nitrogen and oxygen atoms in total. The van der Waals surface area contributed by atoms with E-state index in [4.69, 9.17) is 0 Å². The van der Waals surface area contributed by atoms with Crippen LogP contribution in [-0.2, 0) is 0 Å². The Morgan fingerprint density at radius 3 is 2.83 bits per heavy atom. The van der Waals surface area contributed by atoms with E-state index >= 15 is 0 Å². The normalized spacial score (nSPS) is 27.8. The molecule has 1 rings (SSSR count). The maximum absolute atomic E-state index is 4.28. The zero-order valence-corrected chi connectivity index (χ0v) is 8.30. The van der Waals surface area contributed by atoms with Crippen LogP contribution in [0.5, 0.6) is 0 Å². The second-order valence-corrected chi connectivity index (χ2v) is 3.62. The van der Waals surface area contributed by atoms with E-state index in [1.165, 1.54) is 12.3 Å². The number of likely N-dealkylation sites (tertiary alicyclic amines) is 1. The van der Waals surface area contributed by atoms with Crippen molar-refractivity contribution in [3.8, 4) is 0 Å². The van der Waals surface area contributed by atoms with Gasteiger partial charge < -0.3 is 4.90 Å². The van der Waals surface area contributed by atoms with Gasteiger partial charge in [-0.05, 0) is 19.3 Å². The summed E-state index contributed by atoms with van der Waals surface area (Å²) in [5.41, 5.74) is 1.11. The summed E-state index contributed by atoms with van der Waals surface area (Å²) in [6.07, 6.45) is 2.36. The molecule has 0 aromatic rings. The number of allylic oxidation sites excluding steroid dienone is 1. The minimum Gasteiger partial charge on any atom is -0.335 e. The zero-order valence-electron chi connectivity index (χ0n) is 8.30. The van der Waals surface area contributed by atoms with Crippen molar-refractivity contribution in [3.63, 3.8) is 0 Å². The van der Waals surface area contributed by atoms with E-state index in [1.54, 1.807) is 0 Å². The largest absolute Gasteiger partial charge is 0.335 e. The lowest BCUT2D eigenvalue weighted by atomic mass is 9.98. The van der Waals surface area contributed by atoms with Crippen LogP contribution >= 0.6 is 0 Å². The molecule has 0 aromatic carbocycles. The third-order valence-electron chi connectivity index (χ3n) is 2.41. The van der Waals surface area contributed by atoms with Gasteiger partial charge in [0.25, 0.3) is 0 Å². The maximum atomic E-state index is 4.28. The molecule has 0 aliphatic carbocycles. The molecule has 1 fully saturated rings. The molecule has 1 unspecified atom stereocenters. The Morgan fingerprint density at radius 1 is 1.67 bits per heavy atom. The van der Waals surface area contributed by atoms with Crippen molar-refractivity contribution in [2.45, 2.75) is 26.7 Å². The van der Waals surface area contributed by atoms with Crippen molar-refractivity contribution in [1.82, 2.24) is 4.90 Å². The van der Waals surface area contributed by atoms with Gasteiger partial charge in [-0.15, -0.1) is 0 Å². The molecule has 68 valence electrons. The standard InChI is InChI=1S/C10H18N2/c1-8(2)12-6-5-9(3)7-10(12)11-4/h9H,1,5-7H2,2-4H3. The van der Waals surface area contributed by atoms with Crippen molar-refractivity contribution in [2.24, 2.45) is 10.9 Å². The van der Waals surface area contributed by atoms with Crippen molar-refractivity contribution >= 4 is 5.84 Å². The monoisotopic (exact) mass is 166 g/mol. The van der Waals surface area contributed by atoms with Gasteiger partial charge in [-0.25, -0.2) is 0 Å². The quantitative estimate of drug-likeness (QED) is 0.583. The van der Waals surface area contributed by atoms with Gasteiger partial charge in [0.1, 0.15) is 5.84 Å². The Kier molecular flexibility index (Phi) is 2.90. The molecule has 1 heterocycles. The lowest BCUT2D eigenvalue weighted by Gasteiger charge is -2.33. The predicted octanol–water partition coefficient (Wildman–Crippen LogP) is 2.28. The van der Waals surface area contributed by atoms with E-state index in [2.05, 4.69) is 23.4 Å². The first-order valence-corrected chi connectivity index (χ1v) is 4.54. The highest BCUT2D eigenvalue weighted by Crippen LogP contribution is 2.20. The first-order valence-electron chi connectivity index (χ1n) is 4.54. The molecule has 0 radical (unpaired) electrons. The first kappa shape index (κ1) is 9.30. The Morgan fingerprint density at radius 2 is 2.33 bits per heavy atom. The van der Waals surface area contributed by atoms with E-state index in [1.807, 2.05) is 14.0 Å². The summed E-state index contributed by atoms with van der Waals surface area (Å²) in [7, 11) is 1.86. The molecule has 1 aliphatic rings. The number of hydrogen-bond acceptors (Lipinski definition) is 1. The molecule has 0 bridgehead atoms. The smallest absolute Gasteiger partial charge is 0.103 e. The Labute approximate surface area is 75.0 Å². The lowest BCUT2D eigenvalue weighted by molar-refractivity contribution is 0.375. The maximum Gasteiger partial charge on any atom is 0.103 e. The fourth-order valence-electron chi connectivity index (χ4n) is 1.63.